The molecule has 10 heteroatoms. The van der Waals surface area contributed by atoms with Crippen molar-refractivity contribution in [1.82, 2.24) is 24.5 Å². The lowest BCUT2D eigenvalue weighted by Crippen LogP contribution is -2.15. The Morgan fingerprint density at radius 1 is 1.36 bits per heavy atom. The van der Waals surface area contributed by atoms with E-state index in [1.807, 2.05) is 22.4 Å². The van der Waals surface area contributed by atoms with E-state index in [2.05, 4.69) is 27.2 Å². The van der Waals surface area contributed by atoms with E-state index in [-0.39, 0.29) is 11.7 Å². The zero-order valence-corrected chi connectivity index (χ0v) is 17.4. The Hall–Kier alpha value is -2.29. The summed E-state index contributed by atoms with van der Waals surface area (Å²) in [5.41, 5.74) is 1.33. The van der Waals surface area contributed by atoms with E-state index < -0.39 is 0 Å². The fraction of sp³-hybridized carbons (Fsp3) is 0.222. The molecule has 1 aromatic carbocycles. The maximum Gasteiger partial charge on any atom is 0.234 e. The van der Waals surface area contributed by atoms with Crippen LogP contribution in [0.5, 0.6) is 0 Å². The van der Waals surface area contributed by atoms with Gasteiger partial charge in [0, 0.05) is 24.3 Å². The average Bonchev–Trinajstić information content (AvgIpc) is 3.30. The predicted molar refractivity (Wildman–Crippen MR) is 113 cm³/mol. The standard InChI is InChI=1S/C18H18Cl2N6OS/c1-3-7-26-17(12-9-21-25(4-2)10-12)23-24-18(26)28-11-16(27)22-15-8-13(19)5-6-14(15)20/h3,5-6,8-10H,1,4,7,11H2,2H3,(H,22,27). The Morgan fingerprint density at radius 3 is 2.89 bits per heavy atom. The van der Waals surface area contributed by atoms with Crippen molar-refractivity contribution >= 4 is 46.6 Å². The van der Waals surface area contributed by atoms with E-state index in [0.29, 0.717) is 33.3 Å². The van der Waals surface area contributed by atoms with Gasteiger partial charge < -0.3 is 5.32 Å². The summed E-state index contributed by atoms with van der Waals surface area (Å²) in [5.74, 6) is 0.606. The van der Waals surface area contributed by atoms with Crippen molar-refractivity contribution in [3.05, 3.63) is 53.3 Å². The Labute approximate surface area is 176 Å². The van der Waals surface area contributed by atoms with Crippen LogP contribution in [0.3, 0.4) is 0 Å². The van der Waals surface area contributed by atoms with Crippen molar-refractivity contribution in [2.75, 3.05) is 11.1 Å². The molecule has 0 aliphatic heterocycles. The minimum absolute atomic E-state index is 0.145. The summed E-state index contributed by atoms with van der Waals surface area (Å²) in [7, 11) is 0. The largest absolute Gasteiger partial charge is 0.324 e. The van der Waals surface area contributed by atoms with Gasteiger partial charge in [0.15, 0.2) is 11.0 Å². The SMILES string of the molecule is C=CCn1c(SCC(=O)Nc2cc(Cl)ccc2Cl)nnc1-c1cnn(CC)c1. The first-order valence-corrected chi connectivity index (χ1v) is 10.2. The van der Waals surface area contributed by atoms with Crippen molar-refractivity contribution in [3.8, 4) is 11.4 Å². The lowest BCUT2D eigenvalue weighted by atomic mass is 10.3. The number of rotatable bonds is 8. The molecule has 2 heterocycles. The van der Waals surface area contributed by atoms with Crippen LogP contribution in [-0.2, 0) is 17.9 Å². The molecular weight excluding hydrogens is 419 g/mol. The highest BCUT2D eigenvalue weighted by Crippen LogP contribution is 2.27. The summed E-state index contributed by atoms with van der Waals surface area (Å²) in [4.78, 5) is 12.3. The molecule has 1 amide bonds. The normalized spacial score (nSPS) is 10.8. The smallest absolute Gasteiger partial charge is 0.234 e. The highest BCUT2D eigenvalue weighted by Gasteiger charge is 2.16. The third-order valence-electron chi connectivity index (χ3n) is 3.78. The number of nitrogens with one attached hydrogen (secondary N) is 1. The second-order valence-corrected chi connectivity index (χ2v) is 7.54. The minimum Gasteiger partial charge on any atom is -0.324 e. The minimum atomic E-state index is -0.220. The lowest BCUT2D eigenvalue weighted by molar-refractivity contribution is -0.113. The number of anilines is 1. The molecule has 146 valence electrons. The van der Waals surface area contributed by atoms with Crippen molar-refractivity contribution in [1.29, 1.82) is 0 Å². The number of amides is 1. The van der Waals surface area contributed by atoms with Gasteiger partial charge in [0.05, 0.1) is 28.2 Å². The van der Waals surface area contributed by atoms with Crippen LogP contribution in [0, 0.1) is 0 Å². The van der Waals surface area contributed by atoms with Crippen LogP contribution in [0.2, 0.25) is 10.0 Å². The molecular formula is C18H18Cl2N6OS. The van der Waals surface area contributed by atoms with Gasteiger partial charge in [-0.3, -0.25) is 14.0 Å². The number of thioether (sulfide) groups is 1. The Morgan fingerprint density at radius 2 is 2.18 bits per heavy atom. The van der Waals surface area contributed by atoms with Crippen molar-refractivity contribution < 1.29 is 4.79 Å². The lowest BCUT2D eigenvalue weighted by Gasteiger charge is -2.08. The molecule has 0 fully saturated rings. The molecule has 3 rings (SSSR count). The fourth-order valence-corrected chi connectivity index (χ4v) is 3.55. The number of aryl methyl sites for hydroxylation is 1. The summed E-state index contributed by atoms with van der Waals surface area (Å²) in [6.07, 6.45) is 5.41. The Balaban J connectivity index is 1.72. The molecule has 0 spiro atoms. The zero-order valence-electron chi connectivity index (χ0n) is 15.1. The van der Waals surface area contributed by atoms with E-state index in [9.17, 15) is 4.79 Å². The third-order valence-corrected chi connectivity index (χ3v) is 5.31. The molecule has 2 aromatic heterocycles. The molecule has 28 heavy (non-hydrogen) atoms. The second kappa shape index (κ2) is 9.27. The van der Waals surface area contributed by atoms with Gasteiger partial charge in [-0.2, -0.15) is 5.10 Å². The first kappa shape index (κ1) is 20.4. The molecule has 0 bridgehead atoms. The number of benzene rings is 1. The van der Waals surface area contributed by atoms with Gasteiger partial charge in [0.1, 0.15) is 0 Å². The third kappa shape index (κ3) is 4.76. The van der Waals surface area contributed by atoms with Gasteiger partial charge in [-0.05, 0) is 25.1 Å². The van der Waals surface area contributed by atoms with E-state index >= 15 is 0 Å². The Kier molecular flexibility index (Phi) is 6.77. The zero-order chi connectivity index (χ0) is 20.1. The topological polar surface area (TPSA) is 77.6 Å². The van der Waals surface area contributed by atoms with Crippen LogP contribution in [0.15, 0.2) is 48.4 Å². The van der Waals surface area contributed by atoms with Crippen LogP contribution in [0.1, 0.15) is 6.92 Å². The molecule has 0 atom stereocenters. The van der Waals surface area contributed by atoms with Gasteiger partial charge in [0.2, 0.25) is 5.91 Å². The molecule has 0 saturated heterocycles. The first-order valence-electron chi connectivity index (χ1n) is 8.46. The number of halogens is 2. The molecule has 7 nitrogen and oxygen atoms in total. The van der Waals surface area contributed by atoms with Crippen molar-refractivity contribution in [2.24, 2.45) is 0 Å². The summed E-state index contributed by atoms with van der Waals surface area (Å²) >= 11 is 13.3. The van der Waals surface area contributed by atoms with E-state index in [1.54, 1.807) is 30.5 Å². The molecule has 1 N–H and O–H groups in total. The van der Waals surface area contributed by atoms with Gasteiger partial charge in [-0.1, -0.05) is 41.0 Å². The molecule has 0 aliphatic carbocycles. The van der Waals surface area contributed by atoms with Crippen molar-refractivity contribution in [2.45, 2.75) is 25.2 Å². The van der Waals surface area contributed by atoms with Gasteiger partial charge in [0.25, 0.3) is 0 Å². The predicted octanol–water partition coefficient (Wildman–Crippen LogP) is 4.39. The number of nitrogens with zero attached hydrogens (tertiary/aromatic N) is 5. The maximum absolute atomic E-state index is 12.3. The highest BCUT2D eigenvalue weighted by molar-refractivity contribution is 7.99. The molecule has 0 radical (unpaired) electrons. The van der Waals surface area contributed by atoms with Crippen molar-refractivity contribution in [3.63, 3.8) is 0 Å². The van der Waals surface area contributed by atoms with E-state index in [1.165, 1.54) is 11.8 Å². The van der Waals surface area contributed by atoms with Crippen LogP contribution < -0.4 is 5.32 Å². The number of carbonyl (C=O) groups is 1. The average molecular weight is 437 g/mol. The molecule has 0 aliphatic rings. The second-order valence-electron chi connectivity index (χ2n) is 5.75. The summed E-state index contributed by atoms with van der Waals surface area (Å²) in [6, 6.07) is 4.90. The van der Waals surface area contributed by atoms with Gasteiger partial charge >= 0.3 is 0 Å². The molecule has 0 unspecified atom stereocenters. The number of hydrogen-bond acceptors (Lipinski definition) is 5. The number of hydrogen-bond donors (Lipinski definition) is 1. The number of carbonyl (C=O) groups excluding carboxylic acids is 1. The number of allylic oxidation sites excluding steroid dienone is 1. The van der Waals surface area contributed by atoms with Crippen LogP contribution in [0.25, 0.3) is 11.4 Å². The number of aromatic nitrogens is 5. The maximum atomic E-state index is 12.3. The van der Waals surface area contributed by atoms with Gasteiger partial charge in [-0.15, -0.1) is 16.8 Å². The fourth-order valence-electron chi connectivity index (χ4n) is 2.46. The van der Waals surface area contributed by atoms with Crippen LogP contribution in [0.4, 0.5) is 5.69 Å². The van der Waals surface area contributed by atoms with Crippen LogP contribution >= 0.6 is 35.0 Å². The monoisotopic (exact) mass is 436 g/mol. The first-order chi connectivity index (χ1) is 13.5. The van der Waals surface area contributed by atoms with E-state index in [4.69, 9.17) is 23.2 Å². The van der Waals surface area contributed by atoms with Crippen LogP contribution in [-0.4, -0.2) is 36.2 Å². The molecule has 0 saturated carbocycles. The quantitative estimate of drug-likeness (QED) is 0.418. The molecule has 3 aromatic rings. The Bertz CT molecular complexity index is 1000. The summed E-state index contributed by atoms with van der Waals surface area (Å²) < 4.78 is 3.71. The van der Waals surface area contributed by atoms with Gasteiger partial charge in [-0.25, -0.2) is 0 Å². The highest BCUT2D eigenvalue weighted by atomic mass is 35.5. The summed E-state index contributed by atoms with van der Waals surface area (Å²) in [6.45, 7) is 7.09. The van der Waals surface area contributed by atoms with E-state index in [0.717, 1.165) is 12.1 Å². The summed E-state index contributed by atoms with van der Waals surface area (Å²) in [5, 5.41) is 17.0.